The standard InChI is InChI=1S/C18H19NO5/c1-24-14-9-5-6-12(10-14)11-15(18(22)23)19-17(21)16(20)13-7-3-2-4-8-13/h2-10,15-16,20H,11H2,1H3,(H,19,21)(H,22,23)/t15-,16-/m0/s1. The van der Waals surface area contributed by atoms with Crippen molar-refractivity contribution in [2.24, 2.45) is 0 Å². The van der Waals surface area contributed by atoms with Crippen LogP contribution >= 0.6 is 0 Å². The molecule has 0 spiro atoms. The topological polar surface area (TPSA) is 95.9 Å². The number of hydrogen-bond donors (Lipinski definition) is 3. The molecule has 0 unspecified atom stereocenters. The first-order chi connectivity index (χ1) is 11.5. The van der Waals surface area contributed by atoms with E-state index >= 15 is 0 Å². The maximum Gasteiger partial charge on any atom is 0.326 e. The van der Waals surface area contributed by atoms with Gasteiger partial charge in [0.05, 0.1) is 7.11 Å². The molecule has 0 saturated heterocycles. The van der Waals surface area contributed by atoms with Gasteiger partial charge >= 0.3 is 5.97 Å². The fourth-order valence-electron chi connectivity index (χ4n) is 2.27. The van der Waals surface area contributed by atoms with Gasteiger partial charge in [-0.1, -0.05) is 42.5 Å². The van der Waals surface area contributed by atoms with Crippen LogP contribution in [0, 0.1) is 0 Å². The highest BCUT2D eigenvalue weighted by Crippen LogP contribution is 2.16. The van der Waals surface area contributed by atoms with Crippen molar-refractivity contribution in [1.82, 2.24) is 5.32 Å². The lowest BCUT2D eigenvalue weighted by Gasteiger charge is -2.18. The maximum atomic E-state index is 12.1. The van der Waals surface area contributed by atoms with E-state index in [9.17, 15) is 19.8 Å². The molecule has 0 aliphatic rings. The Hall–Kier alpha value is -2.86. The molecule has 0 aliphatic carbocycles. The molecule has 2 atom stereocenters. The van der Waals surface area contributed by atoms with Crippen molar-refractivity contribution in [2.45, 2.75) is 18.6 Å². The Morgan fingerprint density at radius 3 is 2.46 bits per heavy atom. The number of rotatable bonds is 7. The summed E-state index contributed by atoms with van der Waals surface area (Å²) in [6.45, 7) is 0. The van der Waals surface area contributed by atoms with E-state index in [2.05, 4.69) is 5.32 Å². The zero-order valence-corrected chi connectivity index (χ0v) is 13.2. The Labute approximate surface area is 139 Å². The number of carboxylic acid groups (broad SMARTS) is 1. The molecular formula is C18H19NO5. The van der Waals surface area contributed by atoms with E-state index < -0.39 is 24.0 Å². The van der Waals surface area contributed by atoms with Gasteiger partial charge in [0.1, 0.15) is 11.8 Å². The van der Waals surface area contributed by atoms with Crippen molar-refractivity contribution in [3.05, 3.63) is 65.7 Å². The van der Waals surface area contributed by atoms with E-state index in [-0.39, 0.29) is 6.42 Å². The minimum absolute atomic E-state index is 0.0831. The SMILES string of the molecule is COc1cccc(C[C@H](NC(=O)[C@@H](O)c2ccccc2)C(=O)O)c1. The summed E-state index contributed by atoms with van der Waals surface area (Å²) < 4.78 is 5.10. The predicted octanol–water partition coefficient (Wildman–Crippen LogP) is 1.54. The highest BCUT2D eigenvalue weighted by molar-refractivity contribution is 5.87. The molecule has 0 fully saturated rings. The van der Waals surface area contributed by atoms with E-state index in [1.165, 1.54) is 7.11 Å². The van der Waals surface area contributed by atoms with Crippen molar-refractivity contribution in [3.63, 3.8) is 0 Å². The van der Waals surface area contributed by atoms with Crippen molar-refractivity contribution in [2.75, 3.05) is 7.11 Å². The summed E-state index contributed by atoms with van der Waals surface area (Å²) in [4.78, 5) is 23.5. The molecule has 0 heterocycles. The Morgan fingerprint density at radius 2 is 1.83 bits per heavy atom. The van der Waals surface area contributed by atoms with Crippen molar-refractivity contribution in [3.8, 4) is 5.75 Å². The van der Waals surface area contributed by atoms with Gasteiger partial charge in [-0.05, 0) is 23.3 Å². The number of benzene rings is 2. The Balaban J connectivity index is 2.08. The number of aliphatic hydroxyl groups is 1. The third kappa shape index (κ3) is 4.57. The molecule has 0 aromatic heterocycles. The fourth-order valence-corrected chi connectivity index (χ4v) is 2.27. The average Bonchev–Trinajstić information content (AvgIpc) is 2.61. The zero-order chi connectivity index (χ0) is 17.5. The van der Waals surface area contributed by atoms with Gasteiger partial charge in [-0.25, -0.2) is 4.79 Å². The number of methoxy groups -OCH3 is 1. The van der Waals surface area contributed by atoms with Crippen LogP contribution in [0.1, 0.15) is 17.2 Å². The van der Waals surface area contributed by atoms with Gasteiger partial charge in [0.15, 0.2) is 6.10 Å². The molecule has 2 aromatic rings. The van der Waals surface area contributed by atoms with Gasteiger partial charge < -0.3 is 20.3 Å². The molecule has 24 heavy (non-hydrogen) atoms. The number of carboxylic acids is 1. The molecule has 2 rings (SSSR count). The van der Waals surface area contributed by atoms with Crippen LogP contribution in [0.25, 0.3) is 0 Å². The van der Waals surface area contributed by atoms with E-state index in [0.717, 1.165) is 0 Å². The monoisotopic (exact) mass is 329 g/mol. The van der Waals surface area contributed by atoms with E-state index in [1.54, 1.807) is 54.6 Å². The van der Waals surface area contributed by atoms with Gasteiger partial charge in [-0.2, -0.15) is 0 Å². The van der Waals surface area contributed by atoms with Gasteiger partial charge in [-0.3, -0.25) is 4.79 Å². The Morgan fingerprint density at radius 1 is 1.12 bits per heavy atom. The first-order valence-electron chi connectivity index (χ1n) is 7.40. The molecule has 1 amide bonds. The summed E-state index contributed by atoms with van der Waals surface area (Å²) in [6.07, 6.45) is -1.34. The number of aliphatic carboxylic acids is 1. The summed E-state index contributed by atoms with van der Waals surface area (Å²) in [5, 5.41) is 21.7. The largest absolute Gasteiger partial charge is 0.497 e. The van der Waals surface area contributed by atoms with Crippen LogP contribution in [0.15, 0.2) is 54.6 Å². The highest BCUT2D eigenvalue weighted by atomic mass is 16.5. The summed E-state index contributed by atoms with van der Waals surface area (Å²) in [5.41, 5.74) is 1.11. The number of carbonyl (C=O) groups is 2. The summed E-state index contributed by atoms with van der Waals surface area (Å²) in [5.74, 6) is -1.32. The number of hydrogen-bond acceptors (Lipinski definition) is 4. The average molecular weight is 329 g/mol. The summed E-state index contributed by atoms with van der Waals surface area (Å²) in [6, 6.07) is 14.1. The minimum Gasteiger partial charge on any atom is -0.497 e. The predicted molar refractivity (Wildman–Crippen MR) is 87.7 cm³/mol. The van der Waals surface area contributed by atoms with Crippen LogP contribution in [0.5, 0.6) is 5.75 Å². The van der Waals surface area contributed by atoms with Crippen LogP contribution < -0.4 is 10.1 Å². The third-order valence-electron chi connectivity index (χ3n) is 3.55. The second-order valence-corrected chi connectivity index (χ2v) is 5.27. The third-order valence-corrected chi connectivity index (χ3v) is 3.55. The number of amides is 1. The quantitative estimate of drug-likeness (QED) is 0.716. The summed E-state index contributed by atoms with van der Waals surface area (Å²) >= 11 is 0. The Kier molecular flexibility index (Phi) is 5.92. The van der Waals surface area contributed by atoms with Gasteiger partial charge in [0, 0.05) is 6.42 Å². The molecule has 6 heteroatoms. The second kappa shape index (κ2) is 8.12. The van der Waals surface area contributed by atoms with Crippen LogP contribution in [0.3, 0.4) is 0 Å². The zero-order valence-electron chi connectivity index (χ0n) is 13.2. The minimum atomic E-state index is -1.42. The molecule has 126 valence electrons. The van der Waals surface area contributed by atoms with Crippen molar-refractivity contribution in [1.29, 1.82) is 0 Å². The fraction of sp³-hybridized carbons (Fsp3) is 0.222. The number of aliphatic hydroxyl groups excluding tert-OH is 1. The van der Waals surface area contributed by atoms with Gasteiger partial charge in [0.25, 0.3) is 5.91 Å². The smallest absolute Gasteiger partial charge is 0.326 e. The normalized spacial score (nSPS) is 12.9. The molecule has 3 N–H and O–H groups in total. The number of carbonyl (C=O) groups excluding carboxylic acids is 1. The van der Waals surface area contributed by atoms with Crippen LogP contribution in [0.4, 0.5) is 0 Å². The van der Waals surface area contributed by atoms with E-state index in [4.69, 9.17) is 4.74 Å². The first kappa shape index (κ1) is 17.5. The first-order valence-corrected chi connectivity index (χ1v) is 7.40. The van der Waals surface area contributed by atoms with Crippen LogP contribution in [0.2, 0.25) is 0 Å². The molecule has 2 aromatic carbocycles. The highest BCUT2D eigenvalue weighted by Gasteiger charge is 2.25. The maximum absolute atomic E-state index is 12.1. The van der Waals surface area contributed by atoms with Crippen LogP contribution in [-0.4, -0.2) is 35.2 Å². The number of nitrogens with one attached hydrogen (secondary N) is 1. The lowest BCUT2D eigenvalue weighted by atomic mass is 10.0. The Bertz CT molecular complexity index is 702. The van der Waals surface area contributed by atoms with Crippen molar-refractivity contribution < 1.29 is 24.5 Å². The van der Waals surface area contributed by atoms with Gasteiger partial charge in [-0.15, -0.1) is 0 Å². The molecule has 0 radical (unpaired) electrons. The lowest BCUT2D eigenvalue weighted by Crippen LogP contribution is -2.44. The molecular weight excluding hydrogens is 310 g/mol. The molecule has 0 aliphatic heterocycles. The molecule has 0 bridgehead atoms. The lowest BCUT2D eigenvalue weighted by molar-refractivity contribution is -0.143. The van der Waals surface area contributed by atoms with E-state index in [0.29, 0.717) is 16.9 Å². The van der Waals surface area contributed by atoms with Crippen molar-refractivity contribution >= 4 is 11.9 Å². The molecule has 0 saturated carbocycles. The summed E-state index contributed by atoms with van der Waals surface area (Å²) in [7, 11) is 1.52. The number of ether oxygens (including phenoxy) is 1. The van der Waals surface area contributed by atoms with Crippen LogP contribution in [-0.2, 0) is 16.0 Å². The van der Waals surface area contributed by atoms with Gasteiger partial charge in [0.2, 0.25) is 0 Å². The molecule has 6 nitrogen and oxygen atoms in total. The second-order valence-electron chi connectivity index (χ2n) is 5.27. The van der Waals surface area contributed by atoms with E-state index in [1.807, 2.05) is 0 Å².